The molecular weight excluding hydrogens is 392 g/mol. The molecule has 2 amide bonds. The lowest BCUT2D eigenvalue weighted by atomic mass is 9.88. The fourth-order valence-electron chi connectivity index (χ4n) is 3.93. The Morgan fingerprint density at radius 2 is 1.55 bits per heavy atom. The van der Waals surface area contributed by atoms with Crippen molar-refractivity contribution < 1.29 is 19.1 Å². The number of methoxy groups -OCH3 is 2. The van der Waals surface area contributed by atoms with Gasteiger partial charge in [0.05, 0.1) is 14.2 Å². The number of carbonyl (C=O) groups excluding carboxylic acids is 2. The summed E-state index contributed by atoms with van der Waals surface area (Å²) in [6.45, 7) is 1.02. The highest BCUT2D eigenvalue weighted by Crippen LogP contribution is 2.27. The summed E-state index contributed by atoms with van der Waals surface area (Å²) >= 11 is 0. The van der Waals surface area contributed by atoms with Gasteiger partial charge in [-0.3, -0.25) is 9.59 Å². The first-order chi connectivity index (χ1) is 15.1. The molecule has 1 fully saturated rings. The van der Waals surface area contributed by atoms with Crippen molar-refractivity contribution in [2.45, 2.75) is 45.1 Å². The van der Waals surface area contributed by atoms with E-state index >= 15 is 0 Å². The predicted octanol–water partition coefficient (Wildman–Crippen LogP) is 3.87. The highest BCUT2D eigenvalue weighted by Gasteiger charge is 2.20. The molecule has 0 saturated heterocycles. The number of rotatable bonds is 9. The summed E-state index contributed by atoms with van der Waals surface area (Å²) in [5, 5.41) is 5.97. The highest BCUT2D eigenvalue weighted by molar-refractivity contribution is 5.94. The first-order valence-corrected chi connectivity index (χ1v) is 11.0. The molecule has 0 atom stereocenters. The largest absolute Gasteiger partial charge is 0.493 e. The first kappa shape index (κ1) is 22.7. The van der Waals surface area contributed by atoms with Crippen LogP contribution < -0.4 is 20.1 Å². The molecule has 1 aliphatic rings. The molecule has 0 unspecified atom stereocenters. The monoisotopic (exact) mass is 424 g/mol. The average Bonchev–Trinajstić information content (AvgIpc) is 2.83. The molecule has 0 radical (unpaired) electrons. The van der Waals surface area contributed by atoms with Crippen molar-refractivity contribution in [1.29, 1.82) is 0 Å². The number of hydrogen-bond acceptors (Lipinski definition) is 4. The van der Waals surface area contributed by atoms with Gasteiger partial charge in [0.15, 0.2) is 11.5 Å². The summed E-state index contributed by atoms with van der Waals surface area (Å²) in [4.78, 5) is 24.7. The third-order valence-corrected chi connectivity index (χ3v) is 5.81. The van der Waals surface area contributed by atoms with Crippen molar-refractivity contribution in [3.63, 3.8) is 0 Å². The molecule has 1 aliphatic carbocycles. The summed E-state index contributed by atoms with van der Waals surface area (Å²) in [5.74, 6) is 1.56. The van der Waals surface area contributed by atoms with Crippen LogP contribution >= 0.6 is 0 Å². The van der Waals surface area contributed by atoms with Gasteiger partial charge in [-0.15, -0.1) is 0 Å². The Morgan fingerprint density at radius 3 is 2.23 bits per heavy atom. The lowest BCUT2D eigenvalue weighted by Gasteiger charge is -2.20. The molecule has 0 spiro atoms. The summed E-state index contributed by atoms with van der Waals surface area (Å²) in [6.07, 6.45) is 6.21. The van der Waals surface area contributed by atoms with E-state index in [1.807, 2.05) is 30.3 Å². The first-order valence-electron chi connectivity index (χ1n) is 11.0. The Bertz CT molecular complexity index is 874. The molecule has 6 heteroatoms. The molecule has 0 heterocycles. The molecule has 166 valence electrons. The Labute approximate surface area is 184 Å². The molecule has 2 N–H and O–H groups in total. The van der Waals surface area contributed by atoms with Crippen molar-refractivity contribution in [3.05, 3.63) is 59.2 Å². The molecule has 0 bridgehead atoms. The molecular formula is C25H32N2O4. The van der Waals surface area contributed by atoms with Gasteiger partial charge >= 0.3 is 0 Å². The summed E-state index contributed by atoms with van der Waals surface area (Å²) in [6, 6.07) is 13.1. The van der Waals surface area contributed by atoms with Gasteiger partial charge < -0.3 is 20.1 Å². The van der Waals surface area contributed by atoms with Crippen LogP contribution in [0.1, 0.15) is 53.6 Å². The topological polar surface area (TPSA) is 76.7 Å². The molecule has 6 nitrogen and oxygen atoms in total. The molecule has 2 aromatic rings. The zero-order valence-corrected chi connectivity index (χ0v) is 18.4. The Balaban J connectivity index is 1.44. The van der Waals surface area contributed by atoms with Gasteiger partial charge in [-0.2, -0.15) is 0 Å². The van der Waals surface area contributed by atoms with Crippen LogP contribution in [0.3, 0.4) is 0 Å². The van der Waals surface area contributed by atoms with E-state index in [-0.39, 0.29) is 17.7 Å². The third-order valence-electron chi connectivity index (χ3n) is 5.81. The van der Waals surface area contributed by atoms with Gasteiger partial charge in [-0.1, -0.05) is 37.5 Å². The molecule has 3 rings (SSSR count). The van der Waals surface area contributed by atoms with Crippen molar-refractivity contribution in [1.82, 2.24) is 10.6 Å². The average molecular weight is 425 g/mol. The summed E-state index contributed by atoms with van der Waals surface area (Å²) < 4.78 is 10.6. The zero-order valence-electron chi connectivity index (χ0n) is 18.4. The fraction of sp³-hybridized carbons (Fsp3) is 0.440. The van der Waals surface area contributed by atoms with Crippen LogP contribution in [0.15, 0.2) is 42.5 Å². The van der Waals surface area contributed by atoms with Crippen molar-refractivity contribution in [2.75, 3.05) is 20.8 Å². The summed E-state index contributed by atoms with van der Waals surface area (Å²) in [5.41, 5.74) is 2.66. The minimum absolute atomic E-state index is 0.113. The number of nitrogens with one attached hydrogen (secondary N) is 2. The van der Waals surface area contributed by atoms with E-state index in [0.717, 1.165) is 36.8 Å². The van der Waals surface area contributed by atoms with Crippen molar-refractivity contribution in [3.8, 4) is 11.5 Å². The Morgan fingerprint density at radius 1 is 0.871 bits per heavy atom. The van der Waals surface area contributed by atoms with Gasteiger partial charge in [0, 0.05) is 24.6 Å². The minimum atomic E-state index is -0.113. The van der Waals surface area contributed by atoms with Crippen LogP contribution in [0.4, 0.5) is 0 Å². The fourth-order valence-corrected chi connectivity index (χ4v) is 3.93. The van der Waals surface area contributed by atoms with Crippen LogP contribution in [-0.2, 0) is 17.8 Å². The molecule has 31 heavy (non-hydrogen) atoms. The van der Waals surface area contributed by atoms with E-state index in [9.17, 15) is 9.59 Å². The van der Waals surface area contributed by atoms with E-state index in [1.54, 1.807) is 26.4 Å². The maximum Gasteiger partial charge on any atom is 0.251 e. The van der Waals surface area contributed by atoms with Crippen LogP contribution in [-0.4, -0.2) is 32.6 Å². The summed E-state index contributed by atoms with van der Waals surface area (Å²) in [7, 11) is 3.21. The lowest BCUT2D eigenvalue weighted by molar-refractivity contribution is -0.126. The van der Waals surface area contributed by atoms with E-state index in [4.69, 9.17) is 9.47 Å². The normalized spacial score (nSPS) is 14.0. The third kappa shape index (κ3) is 6.48. The van der Waals surface area contributed by atoms with Gasteiger partial charge in [0.25, 0.3) is 5.91 Å². The van der Waals surface area contributed by atoms with E-state index in [0.29, 0.717) is 36.6 Å². The highest BCUT2D eigenvalue weighted by atomic mass is 16.5. The second-order valence-corrected chi connectivity index (χ2v) is 7.94. The number of hydrogen-bond donors (Lipinski definition) is 2. The molecule has 0 aliphatic heterocycles. The van der Waals surface area contributed by atoms with Gasteiger partial charge in [0.2, 0.25) is 5.91 Å². The molecule has 1 saturated carbocycles. The van der Waals surface area contributed by atoms with Crippen LogP contribution in [0.5, 0.6) is 11.5 Å². The smallest absolute Gasteiger partial charge is 0.251 e. The van der Waals surface area contributed by atoms with Crippen molar-refractivity contribution in [2.24, 2.45) is 5.92 Å². The van der Waals surface area contributed by atoms with E-state index in [2.05, 4.69) is 10.6 Å². The molecule has 0 aromatic heterocycles. The van der Waals surface area contributed by atoms with E-state index < -0.39 is 0 Å². The molecule has 2 aromatic carbocycles. The number of benzene rings is 2. The Kier molecular flexibility index (Phi) is 8.33. The van der Waals surface area contributed by atoms with Crippen LogP contribution in [0.2, 0.25) is 0 Å². The maximum absolute atomic E-state index is 12.4. The van der Waals surface area contributed by atoms with Gasteiger partial charge in [0.1, 0.15) is 0 Å². The Hall–Kier alpha value is -3.02. The van der Waals surface area contributed by atoms with Crippen LogP contribution in [0, 0.1) is 5.92 Å². The number of carbonyl (C=O) groups is 2. The predicted molar refractivity (Wildman–Crippen MR) is 120 cm³/mol. The lowest BCUT2D eigenvalue weighted by Crippen LogP contribution is -2.31. The zero-order chi connectivity index (χ0) is 22.1. The van der Waals surface area contributed by atoms with Crippen molar-refractivity contribution >= 4 is 11.8 Å². The van der Waals surface area contributed by atoms with Crippen LogP contribution in [0.25, 0.3) is 0 Å². The maximum atomic E-state index is 12.4. The number of amides is 2. The van der Waals surface area contributed by atoms with E-state index in [1.165, 1.54) is 6.42 Å². The minimum Gasteiger partial charge on any atom is -0.493 e. The SMILES string of the molecule is COc1ccc(CCNC(=O)c2ccc(CNC(=O)C3CCCCC3)cc2)cc1OC. The van der Waals surface area contributed by atoms with Gasteiger partial charge in [-0.05, 0) is 54.7 Å². The standard InChI is InChI=1S/C25H32N2O4/c1-30-22-13-10-18(16-23(22)31-2)14-15-26-24(28)21-11-8-19(9-12-21)17-27-25(29)20-6-4-3-5-7-20/h8-13,16,20H,3-7,14-15,17H2,1-2H3,(H,26,28)(H,27,29). The second kappa shape index (κ2) is 11.4. The quantitative estimate of drug-likeness (QED) is 0.641. The van der Waals surface area contributed by atoms with Gasteiger partial charge in [-0.25, -0.2) is 0 Å². The number of ether oxygens (including phenoxy) is 2. The second-order valence-electron chi connectivity index (χ2n) is 7.94.